The number of para-hydroxylation sites is 1. The summed E-state index contributed by atoms with van der Waals surface area (Å²) in [6.45, 7) is 0.342. The lowest BCUT2D eigenvalue weighted by Gasteiger charge is -2.10. The van der Waals surface area contributed by atoms with E-state index < -0.39 is 5.97 Å². The Morgan fingerprint density at radius 3 is 2.50 bits per heavy atom. The molecule has 146 valence electrons. The predicted molar refractivity (Wildman–Crippen MR) is 103 cm³/mol. The van der Waals surface area contributed by atoms with Crippen LogP contribution in [0.15, 0.2) is 48.5 Å². The van der Waals surface area contributed by atoms with Crippen LogP contribution in [0.1, 0.15) is 22.3 Å². The number of ether oxygens (including phenoxy) is 2. The van der Waals surface area contributed by atoms with Crippen LogP contribution in [-0.2, 0) is 20.9 Å². The Morgan fingerprint density at radius 2 is 1.75 bits per heavy atom. The average Bonchev–Trinajstić information content (AvgIpc) is 3.53. The molecule has 28 heavy (non-hydrogen) atoms. The Morgan fingerprint density at radius 1 is 1.00 bits per heavy atom. The maximum absolute atomic E-state index is 12.4. The van der Waals surface area contributed by atoms with E-state index in [1.165, 1.54) is 7.11 Å². The number of carbonyl (C=O) groups excluding carboxylic acids is 3. The maximum Gasteiger partial charge on any atom is 0.337 e. The van der Waals surface area contributed by atoms with E-state index in [9.17, 15) is 14.4 Å². The van der Waals surface area contributed by atoms with Gasteiger partial charge in [0.15, 0.2) is 0 Å². The van der Waals surface area contributed by atoms with Crippen molar-refractivity contribution in [1.82, 2.24) is 5.32 Å². The van der Waals surface area contributed by atoms with Crippen molar-refractivity contribution in [2.45, 2.75) is 13.0 Å². The summed E-state index contributed by atoms with van der Waals surface area (Å²) in [7, 11) is 2.88. The highest BCUT2D eigenvalue weighted by atomic mass is 16.5. The van der Waals surface area contributed by atoms with E-state index >= 15 is 0 Å². The highest BCUT2D eigenvalue weighted by Gasteiger charge is 2.47. The Hall–Kier alpha value is -3.35. The monoisotopic (exact) mass is 382 g/mol. The molecule has 2 aromatic rings. The number of hydrogen-bond donors (Lipinski definition) is 2. The van der Waals surface area contributed by atoms with Gasteiger partial charge in [-0.15, -0.1) is 0 Å². The maximum atomic E-state index is 12.4. The number of benzene rings is 2. The summed E-state index contributed by atoms with van der Waals surface area (Å²) >= 11 is 0. The molecule has 2 atom stereocenters. The number of esters is 1. The number of hydrogen-bond acceptors (Lipinski definition) is 5. The van der Waals surface area contributed by atoms with E-state index in [2.05, 4.69) is 15.4 Å². The van der Waals surface area contributed by atoms with Gasteiger partial charge in [-0.05, 0) is 30.7 Å². The zero-order valence-electron chi connectivity index (χ0n) is 15.7. The molecule has 0 saturated heterocycles. The lowest BCUT2D eigenvalue weighted by molar-refractivity contribution is -0.125. The highest BCUT2D eigenvalue weighted by Crippen LogP contribution is 2.39. The number of carbonyl (C=O) groups is 3. The second-order valence-electron chi connectivity index (χ2n) is 6.54. The van der Waals surface area contributed by atoms with Crippen molar-refractivity contribution in [1.29, 1.82) is 0 Å². The van der Waals surface area contributed by atoms with Crippen LogP contribution in [0.5, 0.6) is 5.75 Å². The first-order valence-electron chi connectivity index (χ1n) is 8.92. The molecule has 1 saturated carbocycles. The van der Waals surface area contributed by atoms with Crippen LogP contribution in [0, 0.1) is 11.8 Å². The SMILES string of the molecule is COC(=O)c1cccc(NC(=O)C2CC2C(=O)NCc2ccccc2OC)c1. The first kappa shape index (κ1) is 19.4. The van der Waals surface area contributed by atoms with Crippen LogP contribution in [0.4, 0.5) is 5.69 Å². The Balaban J connectivity index is 1.52. The van der Waals surface area contributed by atoms with Gasteiger partial charge in [0.25, 0.3) is 0 Å². The summed E-state index contributed by atoms with van der Waals surface area (Å²) in [6.07, 6.45) is 0.500. The van der Waals surface area contributed by atoms with Crippen LogP contribution >= 0.6 is 0 Å². The van der Waals surface area contributed by atoms with E-state index in [4.69, 9.17) is 4.74 Å². The number of anilines is 1. The van der Waals surface area contributed by atoms with Gasteiger partial charge >= 0.3 is 5.97 Å². The molecule has 1 fully saturated rings. The third kappa shape index (κ3) is 4.49. The third-order valence-corrected chi connectivity index (χ3v) is 4.66. The molecule has 2 amide bonds. The molecular weight excluding hydrogens is 360 g/mol. The lowest BCUT2D eigenvalue weighted by atomic mass is 10.2. The second-order valence-corrected chi connectivity index (χ2v) is 6.54. The molecule has 0 bridgehead atoms. The van der Waals surface area contributed by atoms with E-state index in [0.717, 1.165) is 5.56 Å². The number of amides is 2. The summed E-state index contributed by atoms with van der Waals surface area (Å²) in [5.74, 6) is -0.888. The minimum Gasteiger partial charge on any atom is -0.496 e. The molecule has 0 heterocycles. The van der Waals surface area contributed by atoms with Crippen molar-refractivity contribution >= 4 is 23.5 Å². The zero-order chi connectivity index (χ0) is 20.1. The molecule has 0 radical (unpaired) electrons. The normalized spacial score (nSPS) is 17.4. The molecule has 2 unspecified atom stereocenters. The van der Waals surface area contributed by atoms with Crippen molar-refractivity contribution in [3.05, 3.63) is 59.7 Å². The second kappa shape index (κ2) is 8.56. The molecule has 2 N–H and O–H groups in total. The summed E-state index contributed by atoms with van der Waals surface area (Å²) in [5, 5.41) is 5.61. The van der Waals surface area contributed by atoms with Gasteiger partial charge in [-0.2, -0.15) is 0 Å². The van der Waals surface area contributed by atoms with E-state index in [1.54, 1.807) is 31.4 Å². The van der Waals surface area contributed by atoms with E-state index in [-0.39, 0.29) is 23.7 Å². The number of rotatable bonds is 7. The van der Waals surface area contributed by atoms with Crippen LogP contribution < -0.4 is 15.4 Å². The molecular formula is C21H22N2O5. The topological polar surface area (TPSA) is 93.7 Å². The third-order valence-electron chi connectivity index (χ3n) is 4.66. The Labute approximate surface area is 163 Å². The Kier molecular flexibility index (Phi) is 5.93. The van der Waals surface area contributed by atoms with Crippen molar-refractivity contribution in [2.24, 2.45) is 11.8 Å². The molecule has 1 aliphatic carbocycles. The van der Waals surface area contributed by atoms with Crippen molar-refractivity contribution in [3.63, 3.8) is 0 Å². The Bertz CT molecular complexity index is 896. The summed E-state index contributed by atoms with van der Waals surface area (Å²) in [5.41, 5.74) is 1.72. The molecule has 0 aromatic heterocycles. The first-order valence-corrected chi connectivity index (χ1v) is 8.92. The van der Waals surface area contributed by atoms with Crippen LogP contribution in [0.3, 0.4) is 0 Å². The number of methoxy groups -OCH3 is 2. The van der Waals surface area contributed by atoms with Crippen LogP contribution in [-0.4, -0.2) is 32.0 Å². The van der Waals surface area contributed by atoms with Crippen molar-refractivity contribution < 1.29 is 23.9 Å². The molecule has 0 aliphatic heterocycles. The fourth-order valence-electron chi connectivity index (χ4n) is 3.01. The summed E-state index contributed by atoms with van der Waals surface area (Å²) in [6, 6.07) is 13.9. The smallest absolute Gasteiger partial charge is 0.337 e. The predicted octanol–water partition coefficient (Wildman–Crippen LogP) is 2.37. The van der Waals surface area contributed by atoms with Crippen molar-refractivity contribution in [2.75, 3.05) is 19.5 Å². The molecule has 2 aromatic carbocycles. The molecule has 7 nitrogen and oxygen atoms in total. The minimum atomic E-state index is -0.476. The fourth-order valence-corrected chi connectivity index (χ4v) is 3.01. The van der Waals surface area contributed by atoms with Crippen LogP contribution in [0.25, 0.3) is 0 Å². The van der Waals surface area contributed by atoms with Gasteiger partial charge in [0.1, 0.15) is 5.75 Å². The number of nitrogens with one attached hydrogen (secondary N) is 2. The minimum absolute atomic E-state index is 0.158. The zero-order valence-corrected chi connectivity index (χ0v) is 15.7. The highest BCUT2D eigenvalue weighted by molar-refractivity contribution is 6.00. The van der Waals surface area contributed by atoms with Gasteiger partial charge in [0, 0.05) is 17.8 Å². The van der Waals surface area contributed by atoms with Gasteiger partial charge in [0.2, 0.25) is 11.8 Å². The molecule has 7 heteroatoms. The standard InChI is InChI=1S/C21H22N2O5/c1-27-18-9-4-3-6-14(18)12-22-19(24)16-11-17(16)20(25)23-15-8-5-7-13(10-15)21(26)28-2/h3-10,16-17H,11-12H2,1-2H3,(H,22,24)(H,23,25). The molecule has 0 spiro atoms. The van der Waals surface area contributed by atoms with Gasteiger partial charge in [-0.3, -0.25) is 9.59 Å². The van der Waals surface area contributed by atoms with E-state index in [0.29, 0.717) is 30.0 Å². The van der Waals surface area contributed by atoms with Crippen LogP contribution in [0.2, 0.25) is 0 Å². The summed E-state index contributed by atoms with van der Waals surface area (Å²) in [4.78, 5) is 36.3. The van der Waals surface area contributed by atoms with Gasteiger partial charge < -0.3 is 20.1 Å². The van der Waals surface area contributed by atoms with E-state index in [1.807, 2.05) is 24.3 Å². The van der Waals surface area contributed by atoms with Crippen molar-refractivity contribution in [3.8, 4) is 5.75 Å². The molecule has 1 aliphatic rings. The molecule has 3 rings (SSSR count). The van der Waals surface area contributed by atoms with Gasteiger partial charge in [0.05, 0.1) is 31.6 Å². The van der Waals surface area contributed by atoms with Gasteiger partial charge in [-0.25, -0.2) is 4.79 Å². The average molecular weight is 382 g/mol. The fraction of sp³-hybridized carbons (Fsp3) is 0.286. The van der Waals surface area contributed by atoms with Gasteiger partial charge in [-0.1, -0.05) is 24.3 Å². The first-order chi connectivity index (χ1) is 13.5. The largest absolute Gasteiger partial charge is 0.496 e. The lowest BCUT2D eigenvalue weighted by Crippen LogP contribution is -2.27. The quantitative estimate of drug-likeness (QED) is 0.717. The summed E-state index contributed by atoms with van der Waals surface area (Å²) < 4.78 is 9.94.